The second-order valence-corrected chi connectivity index (χ2v) is 6.76. The number of methoxy groups -OCH3 is 1. The van der Waals surface area contributed by atoms with Crippen LogP contribution in [0.3, 0.4) is 0 Å². The molecule has 1 fully saturated rings. The summed E-state index contributed by atoms with van der Waals surface area (Å²) in [6.07, 6.45) is 9.07. The van der Waals surface area contributed by atoms with E-state index in [9.17, 15) is 14.4 Å². The maximum Gasteiger partial charge on any atom is 0.325 e. The van der Waals surface area contributed by atoms with E-state index in [0.717, 1.165) is 22.2 Å². The molecule has 0 spiro atoms. The van der Waals surface area contributed by atoms with Crippen molar-refractivity contribution in [2.75, 3.05) is 26.9 Å². The van der Waals surface area contributed by atoms with E-state index in [1.165, 1.54) is 7.11 Å². The molecule has 0 unspecified atom stereocenters. The molecule has 0 aliphatic carbocycles. The lowest BCUT2D eigenvalue weighted by Crippen LogP contribution is -2.34. The van der Waals surface area contributed by atoms with Gasteiger partial charge in [-0.25, -0.2) is 0 Å². The number of terminal acetylenes is 1. The normalized spacial score (nSPS) is 14.7. The second kappa shape index (κ2) is 10.4. The Balaban J connectivity index is 2.42. The zero-order chi connectivity index (χ0) is 21.4. The van der Waals surface area contributed by atoms with Gasteiger partial charge in [0.1, 0.15) is 13.2 Å². The van der Waals surface area contributed by atoms with Crippen molar-refractivity contribution in [1.29, 1.82) is 0 Å². The zero-order valence-electron chi connectivity index (χ0n) is 16.2. The SMILES string of the molecule is C#CCOc1c(CC=C)cc(/C=C2\SC(=O)N(CC(=O)OC)C2=O)cc1OCC. The van der Waals surface area contributed by atoms with E-state index in [2.05, 4.69) is 17.2 Å². The van der Waals surface area contributed by atoms with Crippen LogP contribution in [0.15, 0.2) is 29.7 Å². The van der Waals surface area contributed by atoms with Crippen molar-refractivity contribution in [3.05, 3.63) is 40.8 Å². The van der Waals surface area contributed by atoms with E-state index in [4.69, 9.17) is 15.9 Å². The summed E-state index contributed by atoms with van der Waals surface area (Å²) in [5.41, 5.74) is 1.42. The molecule has 0 atom stereocenters. The van der Waals surface area contributed by atoms with Gasteiger partial charge in [-0.05, 0) is 48.9 Å². The monoisotopic (exact) mass is 415 g/mol. The topological polar surface area (TPSA) is 82.1 Å². The lowest BCUT2D eigenvalue weighted by Gasteiger charge is -2.15. The Morgan fingerprint density at radius 1 is 1.34 bits per heavy atom. The summed E-state index contributed by atoms with van der Waals surface area (Å²) in [5, 5.41) is -0.531. The smallest absolute Gasteiger partial charge is 0.325 e. The van der Waals surface area contributed by atoms with E-state index in [1.807, 2.05) is 13.0 Å². The van der Waals surface area contributed by atoms with Crippen LogP contribution in [0.4, 0.5) is 4.79 Å². The summed E-state index contributed by atoms with van der Waals surface area (Å²) < 4.78 is 15.8. The predicted molar refractivity (Wildman–Crippen MR) is 111 cm³/mol. The van der Waals surface area contributed by atoms with Crippen LogP contribution in [0.2, 0.25) is 0 Å². The van der Waals surface area contributed by atoms with Gasteiger partial charge in [0.05, 0.1) is 18.6 Å². The average molecular weight is 415 g/mol. The Labute approximate surface area is 173 Å². The molecule has 1 aliphatic rings. The number of allylic oxidation sites excluding steroid dienone is 1. The fraction of sp³-hybridized carbons (Fsp3) is 0.286. The molecule has 0 radical (unpaired) electrons. The predicted octanol–water partition coefficient (Wildman–Crippen LogP) is 3.04. The summed E-state index contributed by atoms with van der Waals surface area (Å²) in [6.45, 7) is 5.64. The van der Waals surface area contributed by atoms with Crippen molar-refractivity contribution in [2.45, 2.75) is 13.3 Å². The van der Waals surface area contributed by atoms with Crippen LogP contribution in [0, 0.1) is 12.3 Å². The molecule has 7 nitrogen and oxygen atoms in total. The number of carbonyl (C=O) groups excluding carboxylic acids is 3. The summed E-state index contributed by atoms with van der Waals surface area (Å²) in [7, 11) is 1.19. The first-order chi connectivity index (χ1) is 13.9. The lowest BCUT2D eigenvalue weighted by atomic mass is 10.0. The van der Waals surface area contributed by atoms with E-state index in [-0.39, 0.29) is 11.5 Å². The van der Waals surface area contributed by atoms with Crippen molar-refractivity contribution in [3.63, 3.8) is 0 Å². The number of nitrogens with zero attached hydrogens (tertiary/aromatic N) is 1. The summed E-state index contributed by atoms with van der Waals surface area (Å²) in [4.78, 5) is 37.1. The van der Waals surface area contributed by atoms with Gasteiger partial charge >= 0.3 is 5.97 Å². The molecule has 0 bridgehead atoms. The lowest BCUT2D eigenvalue weighted by molar-refractivity contribution is -0.143. The van der Waals surface area contributed by atoms with Crippen LogP contribution >= 0.6 is 11.8 Å². The highest BCUT2D eigenvalue weighted by molar-refractivity contribution is 8.18. The molecule has 0 aromatic heterocycles. The van der Waals surface area contributed by atoms with Gasteiger partial charge in [0, 0.05) is 5.56 Å². The number of carbonyl (C=O) groups is 3. The maximum atomic E-state index is 12.5. The highest BCUT2D eigenvalue weighted by Crippen LogP contribution is 2.37. The van der Waals surface area contributed by atoms with Crippen LogP contribution in [-0.4, -0.2) is 48.9 Å². The Bertz CT molecular complexity index is 899. The summed E-state index contributed by atoms with van der Waals surface area (Å²) in [6, 6.07) is 3.51. The number of hydrogen-bond acceptors (Lipinski definition) is 7. The molecular weight excluding hydrogens is 394 g/mol. The second-order valence-electron chi connectivity index (χ2n) is 5.77. The van der Waals surface area contributed by atoms with E-state index in [0.29, 0.717) is 30.1 Å². The number of hydrogen-bond donors (Lipinski definition) is 0. The molecule has 1 aromatic carbocycles. The minimum absolute atomic E-state index is 0.0793. The minimum Gasteiger partial charge on any atom is -0.490 e. The van der Waals surface area contributed by atoms with Crippen molar-refractivity contribution in [3.8, 4) is 23.8 Å². The van der Waals surface area contributed by atoms with Crippen LogP contribution in [0.5, 0.6) is 11.5 Å². The van der Waals surface area contributed by atoms with Gasteiger partial charge in [0.15, 0.2) is 11.5 Å². The minimum atomic E-state index is -0.671. The van der Waals surface area contributed by atoms with Gasteiger partial charge in [-0.2, -0.15) is 0 Å². The zero-order valence-corrected chi connectivity index (χ0v) is 17.0. The van der Waals surface area contributed by atoms with Gasteiger partial charge in [-0.15, -0.1) is 13.0 Å². The molecule has 29 heavy (non-hydrogen) atoms. The summed E-state index contributed by atoms with van der Waals surface area (Å²) >= 11 is 0.758. The summed E-state index contributed by atoms with van der Waals surface area (Å²) in [5.74, 6) is 2.18. The number of amides is 2. The molecule has 1 aromatic rings. The first-order valence-electron chi connectivity index (χ1n) is 8.74. The molecule has 152 valence electrons. The third-order valence-corrected chi connectivity index (χ3v) is 4.71. The van der Waals surface area contributed by atoms with Crippen molar-refractivity contribution < 1.29 is 28.6 Å². The van der Waals surface area contributed by atoms with Crippen molar-refractivity contribution in [2.24, 2.45) is 0 Å². The Hall–Kier alpha value is -3.18. The standard InChI is InChI=1S/C21H21NO6S/c1-5-8-15-10-14(11-16(27-7-3)19(15)28-9-6-2)12-17-20(24)22(21(25)29-17)13-18(23)26-4/h2,5,10-12H,1,7-9,13H2,3-4H3/b17-12-. The average Bonchev–Trinajstić information content (AvgIpc) is 2.95. The van der Waals surface area contributed by atoms with Gasteiger partial charge in [0.25, 0.3) is 11.1 Å². The molecule has 0 saturated carbocycles. The molecule has 1 saturated heterocycles. The molecule has 0 N–H and O–H groups in total. The Morgan fingerprint density at radius 2 is 2.10 bits per heavy atom. The number of ether oxygens (including phenoxy) is 3. The number of benzene rings is 1. The maximum absolute atomic E-state index is 12.5. The van der Waals surface area contributed by atoms with E-state index >= 15 is 0 Å². The molecule has 1 heterocycles. The highest BCUT2D eigenvalue weighted by Gasteiger charge is 2.36. The molecule has 2 rings (SSSR count). The first-order valence-corrected chi connectivity index (χ1v) is 9.55. The molecule has 1 aliphatic heterocycles. The fourth-order valence-corrected chi connectivity index (χ4v) is 3.43. The third-order valence-electron chi connectivity index (χ3n) is 3.80. The van der Waals surface area contributed by atoms with Crippen LogP contribution in [0.25, 0.3) is 6.08 Å². The Morgan fingerprint density at radius 3 is 2.72 bits per heavy atom. The molecule has 2 amide bonds. The largest absolute Gasteiger partial charge is 0.490 e. The van der Waals surface area contributed by atoms with E-state index < -0.39 is 23.7 Å². The molecule has 8 heteroatoms. The first kappa shape index (κ1) is 22.1. The van der Waals surface area contributed by atoms with Gasteiger partial charge in [-0.3, -0.25) is 19.3 Å². The number of esters is 1. The highest BCUT2D eigenvalue weighted by atomic mass is 32.2. The number of thioether (sulfide) groups is 1. The third kappa shape index (κ3) is 5.42. The van der Waals surface area contributed by atoms with Crippen LogP contribution < -0.4 is 9.47 Å². The van der Waals surface area contributed by atoms with Crippen molar-refractivity contribution >= 4 is 35.0 Å². The number of imide groups is 1. The fourth-order valence-electron chi connectivity index (χ4n) is 2.60. The number of rotatable bonds is 9. The van der Waals surface area contributed by atoms with Gasteiger partial charge in [0.2, 0.25) is 0 Å². The van der Waals surface area contributed by atoms with Gasteiger partial charge < -0.3 is 14.2 Å². The molecular formula is C21H21NO6S. The quantitative estimate of drug-likeness (QED) is 0.265. The van der Waals surface area contributed by atoms with E-state index in [1.54, 1.807) is 18.2 Å². The van der Waals surface area contributed by atoms with Crippen LogP contribution in [0.1, 0.15) is 18.1 Å². The van der Waals surface area contributed by atoms with Crippen molar-refractivity contribution in [1.82, 2.24) is 4.90 Å². The Kier molecular flexibility index (Phi) is 7.92. The van der Waals surface area contributed by atoms with Crippen LogP contribution in [-0.2, 0) is 20.7 Å². The van der Waals surface area contributed by atoms with Gasteiger partial charge in [-0.1, -0.05) is 12.0 Å².